The molecule has 0 spiro atoms. The molecular formula is C14H26N2O4. The van der Waals surface area contributed by atoms with Gasteiger partial charge in [-0.3, -0.25) is 4.79 Å². The highest BCUT2D eigenvalue weighted by molar-refractivity contribution is 5.76. The molecule has 2 N–H and O–H groups in total. The van der Waals surface area contributed by atoms with Gasteiger partial charge in [-0.25, -0.2) is 4.79 Å². The van der Waals surface area contributed by atoms with Crippen molar-refractivity contribution < 1.29 is 19.4 Å². The number of carbonyl (C=O) groups excluding carboxylic acids is 1. The first-order chi connectivity index (χ1) is 9.20. The molecule has 0 radical (unpaired) electrons. The quantitative estimate of drug-likeness (QED) is 0.826. The summed E-state index contributed by atoms with van der Waals surface area (Å²) in [6, 6.07) is -0.0984. The molecule has 0 bridgehead atoms. The van der Waals surface area contributed by atoms with Gasteiger partial charge in [0.1, 0.15) is 0 Å². The standard InChI is InChI=1S/C14H26N2O4/c1-10-9-11(6-8-20-10)15-13(19)16(14(2,3)4)7-5-12(17)18/h10-11H,5-9H2,1-4H3,(H,15,19)(H,17,18). The largest absolute Gasteiger partial charge is 0.481 e. The van der Waals surface area contributed by atoms with Crippen LogP contribution in [-0.4, -0.2) is 52.8 Å². The van der Waals surface area contributed by atoms with Gasteiger partial charge in [-0.15, -0.1) is 0 Å². The Hall–Kier alpha value is -1.30. The molecular weight excluding hydrogens is 260 g/mol. The van der Waals surface area contributed by atoms with Gasteiger partial charge >= 0.3 is 12.0 Å². The van der Waals surface area contributed by atoms with E-state index in [9.17, 15) is 9.59 Å². The summed E-state index contributed by atoms with van der Waals surface area (Å²) in [5.41, 5.74) is -0.406. The Morgan fingerprint density at radius 2 is 2.05 bits per heavy atom. The van der Waals surface area contributed by atoms with Crippen LogP contribution in [0.2, 0.25) is 0 Å². The molecule has 0 aromatic rings. The van der Waals surface area contributed by atoms with E-state index < -0.39 is 11.5 Å². The average Bonchev–Trinajstić information content (AvgIpc) is 2.26. The molecule has 1 aliphatic heterocycles. The number of ether oxygens (including phenoxy) is 1. The maximum absolute atomic E-state index is 12.4. The summed E-state index contributed by atoms with van der Waals surface area (Å²) in [7, 11) is 0. The molecule has 1 rings (SSSR count). The molecule has 20 heavy (non-hydrogen) atoms. The number of nitrogens with one attached hydrogen (secondary N) is 1. The Bertz CT molecular complexity index is 352. The number of amides is 2. The number of rotatable bonds is 4. The summed E-state index contributed by atoms with van der Waals surface area (Å²) < 4.78 is 5.45. The van der Waals surface area contributed by atoms with Crippen molar-refractivity contribution in [2.75, 3.05) is 13.2 Å². The lowest BCUT2D eigenvalue weighted by atomic mass is 10.0. The van der Waals surface area contributed by atoms with Crippen molar-refractivity contribution >= 4 is 12.0 Å². The van der Waals surface area contributed by atoms with E-state index in [4.69, 9.17) is 9.84 Å². The van der Waals surface area contributed by atoms with Crippen LogP contribution in [-0.2, 0) is 9.53 Å². The fraction of sp³-hybridized carbons (Fsp3) is 0.857. The van der Waals surface area contributed by atoms with Gasteiger partial charge in [-0.05, 0) is 40.5 Å². The van der Waals surface area contributed by atoms with Crippen LogP contribution in [0.15, 0.2) is 0 Å². The van der Waals surface area contributed by atoms with Gasteiger partial charge in [-0.1, -0.05) is 0 Å². The number of urea groups is 1. The summed E-state index contributed by atoms with van der Waals surface area (Å²) in [6.45, 7) is 8.56. The summed E-state index contributed by atoms with van der Waals surface area (Å²) >= 11 is 0. The molecule has 0 saturated carbocycles. The number of hydrogen-bond acceptors (Lipinski definition) is 3. The SMILES string of the molecule is CC1CC(NC(=O)N(CCC(=O)O)C(C)(C)C)CCO1. The second-order valence-electron chi connectivity index (χ2n) is 6.32. The highest BCUT2D eigenvalue weighted by Gasteiger charge is 2.29. The fourth-order valence-electron chi connectivity index (χ4n) is 2.33. The summed E-state index contributed by atoms with van der Waals surface area (Å²) in [5.74, 6) is -0.897. The predicted molar refractivity (Wildman–Crippen MR) is 75.7 cm³/mol. The van der Waals surface area contributed by atoms with E-state index in [1.54, 1.807) is 4.90 Å². The molecule has 0 aromatic carbocycles. The third-order valence-electron chi connectivity index (χ3n) is 3.42. The Kier molecular flexibility index (Phi) is 5.80. The lowest BCUT2D eigenvalue weighted by Gasteiger charge is -2.37. The Morgan fingerprint density at radius 1 is 1.40 bits per heavy atom. The number of carboxylic acid groups (broad SMARTS) is 1. The lowest BCUT2D eigenvalue weighted by Crippen LogP contribution is -2.54. The second-order valence-corrected chi connectivity index (χ2v) is 6.32. The monoisotopic (exact) mass is 286 g/mol. The van der Waals surface area contributed by atoms with Gasteiger partial charge in [-0.2, -0.15) is 0 Å². The molecule has 2 amide bonds. The molecule has 1 fully saturated rings. The third-order valence-corrected chi connectivity index (χ3v) is 3.42. The molecule has 1 aliphatic rings. The van der Waals surface area contributed by atoms with Crippen molar-refractivity contribution in [2.24, 2.45) is 0 Å². The van der Waals surface area contributed by atoms with Crippen molar-refractivity contribution in [3.05, 3.63) is 0 Å². The summed E-state index contributed by atoms with van der Waals surface area (Å²) in [5, 5.41) is 11.8. The average molecular weight is 286 g/mol. The van der Waals surface area contributed by atoms with Gasteiger partial charge in [0.25, 0.3) is 0 Å². The third kappa shape index (κ3) is 5.36. The maximum atomic E-state index is 12.4. The topological polar surface area (TPSA) is 78.9 Å². The van der Waals surface area contributed by atoms with Crippen LogP contribution < -0.4 is 5.32 Å². The first-order valence-electron chi connectivity index (χ1n) is 7.11. The summed E-state index contributed by atoms with van der Waals surface area (Å²) in [6.07, 6.45) is 1.70. The second kappa shape index (κ2) is 6.92. The minimum atomic E-state index is -0.897. The van der Waals surface area contributed by atoms with Crippen molar-refractivity contribution in [3.63, 3.8) is 0 Å². The molecule has 6 heteroatoms. The molecule has 6 nitrogen and oxygen atoms in total. The van der Waals surface area contributed by atoms with E-state index in [1.807, 2.05) is 27.7 Å². The van der Waals surface area contributed by atoms with Crippen LogP contribution in [0, 0.1) is 0 Å². The Labute approximate surface area is 120 Å². The van der Waals surface area contributed by atoms with Gasteiger partial charge in [0, 0.05) is 24.7 Å². The molecule has 1 heterocycles. The van der Waals surface area contributed by atoms with E-state index in [2.05, 4.69) is 5.32 Å². The number of hydrogen-bond donors (Lipinski definition) is 2. The van der Waals surface area contributed by atoms with Crippen LogP contribution in [0.1, 0.15) is 47.0 Å². The smallest absolute Gasteiger partial charge is 0.318 e. The fourth-order valence-corrected chi connectivity index (χ4v) is 2.33. The van der Waals surface area contributed by atoms with E-state index in [0.717, 1.165) is 12.8 Å². The highest BCUT2D eigenvalue weighted by atomic mass is 16.5. The van der Waals surface area contributed by atoms with E-state index in [0.29, 0.717) is 6.61 Å². The first kappa shape index (κ1) is 16.8. The molecule has 2 unspecified atom stereocenters. The number of carbonyl (C=O) groups is 2. The number of carboxylic acids is 1. The zero-order chi connectivity index (χ0) is 15.3. The van der Waals surface area contributed by atoms with E-state index in [-0.39, 0.29) is 31.1 Å². The molecule has 0 aromatic heterocycles. The van der Waals surface area contributed by atoms with Crippen LogP contribution >= 0.6 is 0 Å². The number of nitrogens with zero attached hydrogens (tertiary/aromatic N) is 1. The van der Waals surface area contributed by atoms with Gasteiger partial charge < -0.3 is 20.1 Å². The maximum Gasteiger partial charge on any atom is 0.318 e. The van der Waals surface area contributed by atoms with Gasteiger partial charge in [0.2, 0.25) is 0 Å². The first-order valence-corrected chi connectivity index (χ1v) is 7.11. The zero-order valence-electron chi connectivity index (χ0n) is 12.8. The van der Waals surface area contributed by atoms with Crippen molar-refractivity contribution in [1.29, 1.82) is 0 Å². The van der Waals surface area contributed by atoms with E-state index >= 15 is 0 Å². The van der Waals surface area contributed by atoms with Crippen molar-refractivity contribution in [1.82, 2.24) is 10.2 Å². The van der Waals surface area contributed by atoms with Gasteiger partial charge in [0.15, 0.2) is 0 Å². The van der Waals surface area contributed by atoms with Crippen molar-refractivity contribution in [2.45, 2.75) is 64.6 Å². The molecule has 1 saturated heterocycles. The van der Waals surface area contributed by atoms with Crippen LogP contribution in [0.3, 0.4) is 0 Å². The van der Waals surface area contributed by atoms with Crippen LogP contribution in [0.5, 0.6) is 0 Å². The predicted octanol–water partition coefficient (Wildman–Crippen LogP) is 1.84. The van der Waals surface area contributed by atoms with Gasteiger partial charge in [0.05, 0.1) is 12.5 Å². The zero-order valence-corrected chi connectivity index (χ0v) is 12.8. The summed E-state index contributed by atoms with van der Waals surface area (Å²) in [4.78, 5) is 24.7. The molecule has 0 aliphatic carbocycles. The minimum Gasteiger partial charge on any atom is -0.481 e. The Morgan fingerprint density at radius 3 is 2.55 bits per heavy atom. The molecule has 116 valence electrons. The minimum absolute atomic E-state index is 0.0468. The van der Waals surface area contributed by atoms with Crippen LogP contribution in [0.25, 0.3) is 0 Å². The highest BCUT2D eigenvalue weighted by Crippen LogP contribution is 2.17. The normalized spacial score (nSPS) is 23.2. The number of aliphatic carboxylic acids is 1. The van der Waals surface area contributed by atoms with E-state index in [1.165, 1.54) is 0 Å². The lowest BCUT2D eigenvalue weighted by molar-refractivity contribution is -0.137. The molecule has 2 atom stereocenters. The van der Waals surface area contributed by atoms with Crippen LogP contribution in [0.4, 0.5) is 4.79 Å². The Balaban J connectivity index is 2.60. The van der Waals surface area contributed by atoms with Crippen molar-refractivity contribution in [3.8, 4) is 0 Å².